The van der Waals surface area contributed by atoms with Gasteiger partial charge >= 0.3 is 0 Å². The Bertz CT molecular complexity index is 808. The molecular formula is C23H36N4O3S. The molecule has 172 valence electrons. The Labute approximate surface area is 190 Å². The van der Waals surface area contributed by atoms with E-state index in [1.807, 2.05) is 19.1 Å². The predicted octanol–water partition coefficient (Wildman–Crippen LogP) is 2.47. The standard InChI is InChI=1S/C23H36N4O3S/c1-5-26-8-10-27(11-9-26)15-21(28)16-30-22-7-6-19(12-23(22)29-4)13-25(3)14-20-17-31-18(2)24-20/h6-7,12,17,21,28H,5,8-11,13-16H2,1-4H3/t21-/m1/s1. The Morgan fingerprint density at radius 3 is 2.55 bits per heavy atom. The highest BCUT2D eigenvalue weighted by molar-refractivity contribution is 7.09. The van der Waals surface area contributed by atoms with E-state index in [0.29, 0.717) is 18.0 Å². The number of hydrogen-bond acceptors (Lipinski definition) is 8. The summed E-state index contributed by atoms with van der Waals surface area (Å²) in [4.78, 5) is 11.5. The van der Waals surface area contributed by atoms with Gasteiger partial charge in [-0.1, -0.05) is 13.0 Å². The van der Waals surface area contributed by atoms with Crippen LogP contribution in [0.3, 0.4) is 0 Å². The molecule has 1 aromatic heterocycles. The third kappa shape index (κ3) is 7.43. The number of aliphatic hydroxyl groups excluding tert-OH is 1. The number of ether oxygens (including phenoxy) is 2. The van der Waals surface area contributed by atoms with Gasteiger partial charge in [-0.3, -0.25) is 9.80 Å². The van der Waals surface area contributed by atoms with E-state index in [0.717, 1.165) is 62.1 Å². The molecule has 1 aromatic carbocycles. The number of benzene rings is 1. The summed E-state index contributed by atoms with van der Waals surface area (Å²) in [7, 11) is 3.74. The molecule has 0 bridgehead atoms. The van der Waals surface area contributed by atoms with E-state index in [9.17, 15) is 5.11 Å². The molecule has 0 radical (unpaired) electrons. The van der Waals surface area contributed by atoms with E-state index in [2.05, 4.69) is 45.1 Å². The Kier molecular flexibility index (Phi) is 9.10. The maximum atomic E-state index is 10.4. The van der Waals surface area contributed by atoms with Crippen LogP contribution in [0.25, 0.3) is 0 Å². The fourth-order valence-corrected chi connectivity index (χ4v) is 4.48. The van der Waals surface area contributed by atoms with Crippen LogP contribution in [0, 0.1) is 6.92 Å². The lowest BCUT2D eigenvalue weighted by Gasteiger charge is -2.34. The Morgan fingerprint density at radius 1 is 1.16 bits per heavy atom. The second-order valence-corrected chi connectivity index (χ2v) is 9.28. The van der Waals surface area contributed by atoms with Gasteiger partial charge < -0.3 is 19.5 Å². The predicted molar refractivity (Wildman–Crippen MR) is 125 cm³/mol. The van der Waals surface area contributed by atoms with Crippen molar-refractivity contribution in [2.75, 3.05) is 60.0 Å². The summed E-state index contributed by atoms with van der Waals surface area (Å²) in [5.74, 6) is 1.36. The molecule has 0 unspecified atom stereocenters. The van der Waals surface area contributed by atoms with Gasteiger partial charge in [0.15, 0.2) is 11.5 Å². The van der Waals surface area contributed by atoms with Crippen molar-refractivity contribution in [1.29, 1.82) is 0 Å². The van der Waals surface area contributed by atoms with Crippen molar-refractivity contribution in [3.05, 3.63) is 39.8 Å². The highest BCUT2D eigenvalue weighted by Gasteiger charge is 2.19. The van der Waals surface area contributed by atoms with Crippen LogP contribution in [0.2, 0.25) is 0 Å². The minimum absolute atomic E-state index is 0.257. The fraction of sp³-hybridized carbons (Fsp3) is 0.609. The molecule has 3 rings (SSSR count). The van der Waals surface area contributed by atoms with Crippen molar-refractivity contribution in [3.8, 4) is 11.5 Å². The maximum Gasteiger partial charge on any atom is 0.161 e. The molecule has 1 aliphatic rings. The lowest BCUT2D eigenvalue weighted by Crippen LogP contribution is -2.49. The van der Waals surface area contributed by atoms with Crippen LogP contribution in [0.4, 0.5) is 0 Å². The van der Waals surface area contributed by atoms with E-state index >= 15 is 0 Å². The van der Waals surface area contributed by atoms with Crippen molar-refractivity contribution < 1.29 is 14.6 Å². The number of likely N-dealkylation sites (N-methyl/N-ethyl adjacent to an activating group) is 1. The summed E-state index contributed by atoms with van der Waals surface area (Å²) >= 11 is 1.68. The molecule has 31 heavy (non-hydrogen) atoms. The molecule has 2 aromatic rings. The summed E-state index contributed by atoms with van der Waals surface area (Å²) in [6.07, 6.45) is -0.523. The third-order valence-corrected chi connectivity index (χ3v) is 6.41. The van der Waals surface area contributed by atoms with Crippen LogP contribution in [-0.4, -0.2) is 90.9 Å². The summed E-state index contributed by atoms with van der Waals surface area (Å²) in [6.45, 7) is 11.9. The number of aliphatic hydroxyl groups is 1. The van der Waals surface area contributed by atoms with Crippen LogP contribution in [-0.2, 0) is 13.1 Å². The van der Waals surface area contributed by atoms with Crippen molar-refractivity contribution in [2.24, 2.45) is 0 Å². The van der Waals surface area contributed by atoms with Gasteiger partial charge in [0.05, 0.1) is 17.8 Å². The second-order valence-electron chi connectivity index (χ2n) is 8.22. The van der Waals surface area contributed by atoms with Crippen molar-refractivity contribution in [1.82, 2.24) is 19.7 Å². The molecule has 0 aliphatic carbocycles. The van der Waals surface area contributed by atoms with Crippen LogP contribution < -0.4 is 9.47 Å². The van der Waals surface area contributed by atoms with Crippen molar-refractivity contribution in [2.45, 2.75) is 33.0 Å². The second kappa shape index (κ2) is 11.8. The maximum absolute atomic E-state index is 10.4. The molecule has 1 atom stereocenters. The Morgan fingerprint density at radius 2 is 1.90 bits per heavy atom. The van der Waals surface area contributed by atoms with Gasteiger partial charge in [-0.2, -0.15) is 0 Å². The number of methoxy groups -OCH3 is 1. The monoisotopic (exact) mass is 448 g/mol. The third-order valence-electron chi connectivity index (χ3n) is 5.59. The first-order valence-corrected chi connectivity index (χ1v) is 11.9. The first-order valence-electron chi connectivity index (χ1n) is 11.0. The summed E-state index contributed by atoms with van der Waals surface area (Å²) in [5.41, 5.74) is 2.25. The van der Waals surface area contributed by atoms with Crippen molar-refractivity contribution in [3.63, 3.8) is 0 Å². The first kappa shape index (κ1) is 23.9. The van der Waals surface area contributed by atoms with Crippen LogP contribution in [0.5, 0.6) is 11.5 Å². The zero-order valence-corrected chi connectivity index (χ0v) is 20.0. The topological polar surface area (TPSA) is 61.3 Å². The smallest absolute Gasteiger partial charge is 0.161 e. The number of piperazine rings is 1. The molecule has 0 amide bonds. The first-order chi connectivity index (χ1) is 15.0. The number of thiazole rings is 1. The molecule has 1 aliphatic heterocycles. The summed E-state index contributed by atoms with van der Waals surface area (Å²) < 4.78 is 11.4. The molecule has 7 nitrogen and oxygen atoms in total. The van der Waals surface area contributed by atoms with E-state index in [1.165, 1.54) is 0 Å². The number of aryl methyl sites for hydroxylation is 1. The van der Waals surface area contributed by atoms with Gasteiger partial charge in [0.1, 0.15) is 12.7 Å². The fourth-order valence-electron chi connectivity index (χ4n) is 3.88. The molecule has 1 saturated heterocycles. The summed E-state index contributed by atoms with van der Waals surface area (Å²) in [6, 6.07) is 5.99. The Balaban J connectivity index is 1.47. The molecular weight excluding hydrogens is 412 g/mol. The summed E-state index contributed by atoms with van der Waals surface area (Å²) in [5, 5.41) is 13.6. The SMILES string of the molecule is CCN1CCN(C[C@@H](O)COc2ccc(CN(C)Cc3csc(C)n3)cc2OC)CC1. The van der Waals surface area contributed by atoms with Crippen LogP contribution in [0.15, 0.2) is 23.6 Å². The zero-order valence-electron chi connectivity index (χ0n) is 19.2. The average molecular weight is 449 g/mol. The van der Waals surface area contributed by atoms with Gasteiger partial charge in [-0.25, -0.2) is 4.98 Å². The zero-order chi connectivity index (χ0) is 22.2. The molecule has 8 heteroatoms. The van der Waals surface area contributed by atoms with E-state index in [1.54, 1.807) is 18.4 Å². The lowest BCUT2D eigenvalue weighted by atomic mass is 10.2. The quantitative estimate of drug-likeness (QED) is 0.567. The number of rotatable bonds is 11. The van der Waals surface area contributed by atoms with Gasteiger partial charge in [0.25, 0.3) is 0 Å². The van der Waals surface area contributed by atoms with Gasteiger partial charge in [0, 0.05) is 51.2 Å². The van der Waals surface area contributed by atoms with Gasteiger partial charge in [-0.15, -0.1) is 11.3 Å². The number of nitrogens with zero attached hydrogens (tertiary/aromatic N) is 4. The highest BCUT2D eigenvalue weighted by atomic mass is 32.1. The molecule has 1 N–H and O–H groups in total. The minimum Gasteiger partial charge on any atom is -0.493 e. The van der Waals surface area contributed by atoms with E-state index < -0.39 is 6.10 Å². The minimum atomic E-state index is -0.523. The number of aromatic nitrogens is 1. The van der Waals surface area contributed by atoms with Gasteiger partial charge in [-0.05, 0) is 38.2 Å². The van der Waals surface area contributed by atoms with Crippen LogP contribution in [0.1, 0.15) is 23.2 Å². The molecule has 0 spiro atoms. The van der Waals surface area contributed by atoms with Gasteiger partial charge in [0.2, 0.25) is 0 Å². The normalized spacial score (nSPS) is 16.6. The van der Waals surface area contributed by atoms with Crippen LogP contribution >= 0.6 is 11.3 Å². The van der Waals surface area contributed by atoms with E-state index in [4.69, 9.17) is 9.47 Å². The molecule has 1 fully saturated rings. The Hall–Kier alpha value is -1.71. The molecule has 2 heterocycles. The number of hydrogen-bond donors (Lipinski definition) is 1. The largest absolute Gasteiger partial charge is 0.493 e. The lowest BCUT2D eigenvalue weighted by molar-refractivity contribution is 0.0464. The van der Waals surface area contributed by atoms with Crippen molar-refractivity contribution >= 4 is 11.3 Å². The average Bonchev–Trinajstić information content (AvgIpc) is 3.17. The molecule has 0 saturated carbocycles. The number of β-amino-alcohol motifs (C(OH)–C–C–N with tert-alkyl or cyclic N) is 1. The van der Waals surface area contributed by atoms with E-state index in [-0.39, 0.29) is 6.61 Å². The highest BCUT2D eigenvalue weighted by Crippen LogP contribution is 2.29.